The second-order valence-corrected chi connectivity index (χ2v) is 7.29. The summed E-state index contributed by atoms with van der Waals surface area (Å²) < 4.78 is 14.0. The van der Waals surface area contributed by atoms with Crippen LogP contribution in [0.2, 0.25) is 0 Å². The number of carbonyl (C=O) groups is 2. The summed E-state index contributed by atoms with van der Waals surface area (Å²) in [6.45, 7) is 5.93. The number of nitrogens with one attached hydrogen (secondary N) is 2. The highest BCUT2D eigenvalue weighted by atomic mass is 19.1. The van der Waals surface area contributed by atoms with Crippen LogP contribution < -0.4 is 11.1 Å². The average molecular weight is 360 g/mol. The van der Waals surface area contributed by atoms with Crippen LogP contribution in [0.3, 0.4) is 0 Å². The molecule has 0 unspecified atom stereocenters. The number of hydrogen-bond donors (Lipinski definition) is 3. The summed E-state index contributed by atoms with van der Waals surface area (Å²) in [6, 6.07) is 4.03. The molecule has 3 rings (SSSR count). The first-order valence-corrected chi connectivity index (χ1v) is 8.89. The third kappa shape index (κ3) is 3.44. The molecule has 140 valence electrons. The van der Waals surface area contributed by atoms with Crippen molar-refractivity contribution in [3.05, 3.63) is 35.3 Å². The summed E-state index contributed by atoms with van der Waals surface area (Å²) in [4.78, 5) is 29.9. The Morgan fingerprint density at radius 3 is 2.85 bits per heavy atom. The topological polar surface area (TPSA) is 91.2 Å². The summed E-state index contributed by atoms with van der Waals surface area (Å²) >= 11 is 0. The Morgan fingerprint density at radius 2 is 2.15 bits per heavy atom. The number of likely N-dealkylation sites (tertiary alicyclic amines) is 1. The second-order valence-electron chi connectivity index (χ2n) is 7.29. The third-order valence-electron chi connectivity index (χ3n) is 4.82. The zero-order valence-electron chi connectivity index (χ0n) is 15.3. The number of carbonyl (C=O) groups excluding carboxylic acids is 2. The van der Waals surface area contributed by atoms with Gasteiger partial charge in [-0.25, -0.2) is 4.39 Å². The minimum absolute atomic E-state index is 0.00452. The predicted molar refractivity (Wildman–Crippen MR) is 98.1 cm³/mol. The number of para-hydroxylation sites is 1. The van der Waals surface area contributed by atoms with Gasteiger partial charge in [-0.15, -0.1) is 0 Å². The number of aromatic nitrogens is 1. The summed E-state index contributed by atoms with van der Waals surface area (Å²) in [5, 5.41) is 3.55. The van der Waals surface area contributed by atoms with Gasteiger partial charge in [0.05, 0.1) is 11.9 Å². The number of aryl methyl sites for hydroxylation is 1. The molecule has 2 aromatic rings. The Kier molecular flexibility index (Phi) is 5.00. The van der Waals surface area contributed by atoms with E-state index in [4.69, 9.17) is 5.73 Å². The molecular formula is C19H25FN4O2. The van der Waals surface area contributed by atoms with Crippen LogP contribution in [0.25, 0.3) is 10.9 Å². The smallest absolute Gasteiger partial charge is 0.243 e. The van der Waals surface area contributed by atoms with E-state index in [1.165, 1.54) is 6.07 Å². The van der Waals surface area contributed by atoms with Gasteiger partial charge in [0.2, 0.25) is 11.8 Å². The van der Waals surface area contributed by atoms with E-state index in [1.807, 2.05) is 20.8 Å². The quantitative estimate of drug-likeness (QED) is 0.774. The van der Waals surface area contributed by atoms with Crippen molar-refractivity contribution in [1.29, 1.82) is 0 Å². The summed E-state index contributed by atoms with van der Waals surface area (Å²) in [5.74, 6) is -0.695. The Labute approximate surface area is 151 Å². The molecule has 0 aliphatic carbocycles. The number of amides is 2. The summed E-state index contributed by atoms with van der Waals surface area (Å²) in [5.41, 5.74) is 7.92. The first kappa shape index (κ1) is 18.4. The van der Waals surface area contributed by atoms with Gasteiger partial charge in [-0.2, -0.15) is 0 Å². The standard InChI is InChI=1S/C19H25FN4O2/c1-10(2)22-19(26)16-7-12(21)9-24(16)17(25)8-14-11(3)23-18-13(14)5-4-6-15(18)20/h4-6,10,12,16,23H,7-9,21H2,1-3H3,(H,22,26)/t12-,16+/m1/s1. The lowest BCUT2D eigenvalue weighted by Crippen LogP contribution is -2.48. The fourth-order valence-electron chi connectivity index (χ4n) is 3.62. The van der Waals surface area contributed by atoms with Gasteiger partial charge in [0, 0.05) is 29.7 Å². The highest BCUT2D eigenvalue weighted by Crippen LogP contribution is 2.26. The monoisotopic (exact) mass is 360 g/mol. The van der Waals surface area contributed by atoms with Crippen molar-refractivity contribution in [3.8, 4) is 0 Å². The molecule has 1 aromatic heterocycles. The molecule has 1 fully saturated rings. The van der Waals surface area contributed by atoms with Gasteiger partial charge in [-0.1, -0.05) is 12.1 Å². The number of nitrogens with two attached hydrogens (primary N) is 1. The van der Waals surface area contributed by atoms with Crippen molar-refractivity contribution in [1.82, 2.24) is 15.2 Å². The van der Waals surface area contributed by atoms with Gasteiger partial charge >= 0.3 is 0 Å². The first-order chi connectivity index (χ1) is 12.3. The van der Waals surface area contributed by atoms with Crippen LogP contribution >= 0.6 is 0 Å². The number of nitrogens with zero attached hydrogens (tertiary/aromatic N) is 1. The SMILES string of the molecule is Cc1[nH]c2c(F)cccc2c1CC(=O)N1C[C@H](N)C[C@H]1C(=O)NC(C)C. The van der Waals surface area contributed by atoms with E-state index in [0.29, 0.717) is 23.9 Å². The fraction of sp³-hybridized carbons (Fsp3) is 0.474. The van der Waals surface area contributed by atoms with Gasteiger partial charge < -0.3 is 20.9 Å². The van der Waals surface area contributed by atoms with Crippen molar-refractivity contribution in [3.63, 3.8) is 0 Å². The predicted octanol–water partition coefficient (Wildman–Crippen LogP) is 1.61. The van der Waals surface area contributed by atoms with Crippen LogP contribution in [0.4, 0.5) is 4.39 Å². The minimum Gasteiger partial charge on any atom is -0.356 e. The van der Waals surface area contributed by atoms with E-state index in [0.717, 1.165) is 11.3 Å². The summed E-state index contributed by atoms with van der Waals surface area (Å²) in [7, 11) is 0. The van der Waals surface area contributed by atoms with E-state index in [-0.39, 0.29) is 36.1 Å². The Morgan fingerprint density at radius 1 is 1.42 bits per heavy atom. The number of rotatable bonds is 4. The maximum atomic E-state index is 14.0. The number of benzene rings is 1. The van der Waals surface area contributed by atoms with Crippen molar-refractivity contribution in [2.24, 2.45) is 5.73 Å². The Hall–Kier alpha value is -2.41. The van der Waals surface area contributed by atoms with Gasteiger partial charge in [0.25, 0.3) is 0 Å². The van der Waals surface area contributed by atoms with Gasteiger partial charge in [-0.3, -0.25) is 9.59 Å². The largest absolute Gasteiger partial charge is 0.356 e. The molecule has 0 bridgehead atoms. The number of hydrogen-bond acceptors (Lipinski definition) is 3. The van der Waals surface area contributed by atoms with Gasteiger partial charge in [-0.05, 0) is 38.8 Å². The molecule has 26 heavy (non-hydrogen) atoms. The maximum Gasteiger partial charge on any atom is 0.243 e. The molecule has 1 aliphatic rings. The molecule has 2 heterocycles. The molecule has 2 atom stereocenters. The molecule has 1 aromatic carbocycles. The maximum absolute atomic E-state index is 14.0. The molecule has 2 amide bonds. The van der Waals surface area contributed by atoms with Crippen LogP contribution in [-0.2, 0) is 16.0 Å². The Balaban J connectivity index is 1.84. The van der Waals surface area contributed by atoms with E-state index in [2.05, 4.69) is 10.3 Å². The van der Waals surface area contributed by atoms with Crippen molar-refractivity contribution >= 4 is 22.7 Å². The van der Waals surface area contributed by atoms with E-state index >= 15 is 0 Å². The molecule has 0 saturated carbocycles. The first-order valence-electron chi connectivity index (χ1n) is 8.89. The summed E-state index contributed by atoms with van der Waals surface area (Å²) in [6.07, 6.45) is 0.555. The number of H-pyrrole nitrogens is 1. The Bertz CT molecular complexity index is 845. The lowest BCUT2D eigenvalue weighted by molar-refractivity contribution is -0.138. The van der Waals surface area contributed by atoms with Crippen LogP contribution in [0, 0.1) is 12.7 Å². The van der Waals surface area contributed by atoms with Crippen LogP contribution in [0.5, 0.6) is 0 Å². The van der Waals surface area contributed by atoms with Crippen LogP contribution in [0.15, 0.2) is 18.2 Å². The van der Waals surface area contributed by atoms with Crippen molar-refractivity contribution in [2.75, 3.05) is 6.54 Å². The molecule has 1 aliphatic heterocycles. The lowest BCUT2D eigenvalue weighted by atomic mass is 10.1. The number of aromatic amines is 1. The van der Waals surface area contributed by atoms with Gasteiger partial charge in [0.15, 0.2) is 0 Å². The molecule has 0 spiro atoms. The van der Waals surface area contributed by atoms with Crippen LogP contribution in [-0.4, -0.2) is 46.4 Å². The second kappa shape index (κ2) is 7.07. The van der Waals surface area contributed by atoms with Gasteiger partial charge in [0.1, 0.15) is 11.9 Å². The van der Waals surface area contributed by atoms with Crippen molar-refractivity contribution < 1.29 is 14.0 Å². The van der Waals surface area contributed by atoms with E-state index in [1.54, 1.807) is 17.0 Å². The fourth-order valence-corrected chi connectivity index (χ4v) is 3.62. The van der Waals surface area contributed by atoms with Crippen molar-refractivity contribution in [2.45, 2.75) is 51.7 Å². The molecule has 1 saturated heterocycles. The minimum atomic E-state index is -0.554. The molecule has 0 radical (unpaired) electrons. The molecule has 6 nitrogen and oxygen atoms in total. The normalized spacial score (nSPS) is 20.2. The lowest BCUT2D eigenvalue weighted by Gasteiger charge is -2.24. The van der Waals surface area contributed by atoms with Crippen LogP contribution in [0.1, 0.15) is 31.5 Å². The highest BCUT2D eigenvalue weighted by molar-refractivity contribution is 5.93. The molecule has 4 N–H and O–H groups in total. The molecule has 7 heteroatoms. The average Bonchev–Trinajstić information content (AvgIpc) is 3.09. The number of fused-ring (bicyclic) bond motifs is 1. The van der Waals surface area contributed by atoms with E-state index in [9.17, 15) is 14.0 Å². The van der Waals surface area contributed by atoms with E-state index < -0.39 is 6.04 Å². The third-order valence-corrected chi connectivity index (χ3v) is 4.82. The zero-order valence-corrected chi connectivity index (χ0v) is 15.3. The molecular weight excluding hydrogens is 335 g/mol. The zero-order chi connectivity index (χ0) is 19.0. The highest BCUT2D eigenvalue weighted by Gasteiger charge is 2.38. The number of halogens is 1.